The maximum Gasteiger partial charge on any atom is 0.132 e. The molecule has 1 aliphatic rings. The molecule has 1 saturated heterocycles. The normalized spacial score (nSPS) is 19.8. The van der Waals surface area contributed by atoms with Gasteiger partial charge in [-0.25, -0.2) is 0 Å². The molecule has 1 aliphatic heterocycles. The monoisotopic (exact) mass is 239 g/mol. The number of rotatable bonds is 4. The zero-order chi connectivity index (χ0) is 11.4. The van der Waals surface area contributed by atoms with Crippen molar-refractivity contribution in [1.82, 2.24) is 5.32 Å². The van der Waals surface area contributed by atoms with Crippen molar-refractivity contribution in [2.24, 2.45) is 0 Å². The quantitative estimate of drug-likeness (QED) is 0.872. The van der Waals surface area contributed by atoms with E-state index in [1.165, 1.54) is 6.42 Å². The summed E-state index contributed by atoms with van der Waals surface area (Å²) in [4.78, 5) is 1.16. The summed E-state index contributed by atoms with van der Waals surface area (Å²) in [5.74, 6) is 1.81. The van der Waals surface area contributed by atoms with Gasteiger partial charge in [0.25, 0.3) is 0 Å². The highest BCUT2D eigenvalue weighted by molar-refractivity contribution is 8.00. The first-order valence-corrected chi connectivity index (χ1v) is 6.31. The smallest absolute Gasteiger partial charge is 0.132 e. The molecule has 0 bridgehead atoms. The third-order valence-electron chi connectivity index (χ3n) is 2.68. The molecule has 1 unspecified atom stereocenters. The van der Waals surface area contributed by atoms with E-state index in [0.29, 0.717) is 5.25 Å². The average Bonchev–Trinajstić information content (AvgIpc) is 2.82. The predicted molar refractivity (Wildman–Crippen MR) is 66.7 cm³/mol. The average molecular weight is 239 g/mol. The lowest BCUT2D eigenvalue weighted by Gasteiger charge is -2.13. The molecule has 1 heterocycles. The van der Waals surface area contributed by atoms with Crippen LogP contribution in [0, 0.1) is 0 Å². The molecule has 1 N–H and O–H groups in total. The Morgan fingerprint density at radius 3 is 2.81 bits per heavy atom. The fourth-order valence-electron chi connectivity index (χ4n) is 1.78. The molecule has 4 heteroatoms. The molecule has 88 valence electrons. The van der Waals surface area contributed by atoms with Gasteiger partial charge in [0.1, 0.15) is 11.5 Å². The van der Waals surface area contributed by atoms with Crippen molar-refractivity contribution in [2.75, 3.05) is 27.3 Å². The Hall–Kier alpha value is -0.870. The molecule has 2 rings (SSSR count). The van der Waals surface area contributed by atoms with Gasteiger partial charge in [0.15, 0.2) is 0 Å². The van der Waals surface area contributed by atoms with Crippen molar-refractivity contribution in [3.63, 3.8) is 0 Å². The Balaban J connectivity index is 2.15. The van der Waals surface area contributed by atoms with Gasteiger partial charge in [-0.2, -0.15) is 0 Å². The molecular formula is C12H17NO2S. The largest absolute Gasteiger partial charge is 0.497 e. The maximum atomic E-state index is 5.36. The SMILES string of the molecule is COc1ccc(OC)c(SC2CCNC2)c1. The Labute approximate surface area is 101 Å². The second kappa shape index (κ2) is 5.46. The van der Waals surface area contributed by atoms with E-state index in [1.54, 1.807) is 14.2 Å². The van der Waals surface area contributed by atoms with E-state index in [0.717, 1.165) is 29.5 Å². The standard InChI is InChI=1S/C12H17NO2S/c1-14-9-3-4-11(15-2)12(7-9)16-10-5-6-13-8-10/h3-4,7,10,13H,5-6,8H2,1-2H3. The summed E-state index contributed by atoms with van der Waals surface area (Å²) in [5.41, 5.74) is 0. The molecule has 1 atom stereocenters. The first-order chi connectivity index (χ1) is 7.83. The van der Waals surface area contributed by atoms with Crippen LogP contribution in [0.3, 0.4) is 0 Å². The molecule has 3 nitrogen and oxygen atoms in total. The van der Waals surface area contributed by atoms with E-state index in [1.807, 2.05) is 30.0 Å². The summed E-state index contributed by atoms with van der Waals surface area (Å²) >= 11 is 1.86. The molecule has 16 heavy (non-hydrogen) atoms. The Morgan fingerprint density at radius 1 is 1.31 bits per heavy atom. The van der Waals surface area contributed by atoms with E-state index in [2.05, 4.69) is 5.32 Å². The molecule has 0 aliphatic carbocycles. The minimum Gasteiger partial charge on any atom is -0.497 e. The van der Waals surface area contributed by atoms with Gasteiger partial charge in [-0.15, -0.1) is 11.8 Å². The highest BCUT2D eigenvalue weighted by Crippen LogP contribution is 2.36. The predicted octanol–water partition coefficient (Wildman–Crippen LogP) is 2.16. The summed E-state index contributed by atoms with van der Waals surface area (Å²) in [6, 6.07) is 5.93. The molecule has 0 radical (unpaired) electrons. The molecular weight excluding hydrogens is 222 g/mol. The molecule has 0 aromatic heterocycles. The van der Waals surface area contributed by atoms with Gasteiger partial charge >= 0.3 is 0 Å². The lowest BCUT2D eigenvalue weighted by Crippen LogP contribution is -2.10. The van der Waals surface area contributed by atoms with Crippen molar-refractivity contribution in [3.05, 3.63) is 18.2 Å². The third kappa shape index (κ3) is 2.62. The lowest BCUT2D eigenvalue weighted by molar-refractivity contribution is 0.394. The molecule has 1 aromatic carbocycles. The van der Waals surface area contributed by atoms with Crippen molar-refractivity contribution < 1.29 is 9.47 Å². The summed E-state index contributed by atoms with van der Waals surface area (Å²) < 4.78 is 10.6. The van der Waals surface area contributed by atoms with Crippen LogP contribution in [0.4, 0.5) is 0 Å². The third-order valence-corrected chi connectivity index (χ3v) is 3.99. The van der Waals surface area contributed by atoms with Crippen LogP contribution in [0.15, 0.2) is 23.1 Å². The molecule has 1 fully saturated rings. The number of methoxy groups -OCH3 is 2. The van der Waals surface area contributed by atoms with Crippen molar-refractivity contribution in [2.45, 2.75) is 16.6 Å². The fourth-order valence-corrected chi connectivity index (χ4v) is 3.03. The van der Waals surface area contributed by atoms with Crippen molar-refractivity contribution >= 4 is 11.8 Å². The van der Waals surface area contributed by atoms with E-state index in [-0.39, 0.29) is 0 Å². The van der Waals surface area contributed by atoms with E-state index >= 15 is 0 Å². The van der Waals surface area contributed by atoms with Crippen LogP contribution in [0.5, 0.6) is 11.5 Å². The van der Waals surface area contributed by atoms with Gasteiger partial charge in [-0.05, 0) is 31.2 Å². The minimum absolute atomic E-state index is 0.640. The number of benzene rings is 1. The number of nitrogens with one attached hydrogen (secondary N) is 1. The van der Waals surface area contributed by atoms with E-state index in [9.17, 15) is 0 Å². The van der Waals surface area contributed by atoms with Crippen LogP contribution in [0.1, 0.15) is 6.42 Å². The van der Waals surface area contributed by atoms with Gasteiger partial charge in [0, 0.05) is 11.8 Å². The summed E-state index contributed by atoms with van der Waals surface area (Å²) in [5, 5.41) is 4.01. The summed E-state index contributed by atoms with van der Waals surface area (Å²) in [7, 11) is 3.39. The van der Waals surface area contributed by atoms with Crippen molar-refractivity contribution in [1.29, 1.82) is 0 Å². The first-order valence-electron chi connectivity index (χ1n) is 5.43. The van der Waals surface area contributed by atoms with Crippen LogP contribution >= 0.6 is 11.8 Å². The van der Waals surface area contributed by atoms with E-state index in [4.69, 9.17) is 9.47 Å². The van der Waals surface area contributed by atoms with Crippen LogP contribution in [0.25, 0.3) is 0 Å². The zero-order valence-corrected chi connectivity index (χ0v) is 10.5. The molecule has 0 spiro atoms. The number of hydrogen-bond acceptors (Lipinski definition) is 4. The van der Waals surface area contributed by atoms with Crippen LogP contribution < -0.4 is 14.8 Å². The first kappa shape index (κ1) is 11.6. The second-order valence-corrected chi connectivity index (χ2v) is 5.09. The highest BCUT2D eigenvalue weighted by atomic mass is 32.2. The topological polar surface area (TPSA) is 30.5 Å². The second-order valence-electron chi connectivity index (χ2n) is 3.75. The number of ether oxygens (including phenoxy) is 2. The zero-order valence-electron chi connectivity index (χ0n) is 9.66. The maximum absolute atomic E-state index is 5.36. The minimum atomic E-state index is 0.640. The van der Waals surface area contributed by atoms with Gasteiger partial charge in [0.2, 0.25) is 0 Å². The molecule has 0 saturated carbocycles. The number of thioether (sulfide) groups is 1. The van der Waals surface area contributed by atoms with Crippen LogP contribution in [-0.4, -0.2) is 32.6 Å². The molecule has 0 amide bonds. The van der Waals surface area contributed by atoms with Crippen LogP contribution in [-0.2, 0) is 0 Å². The van der Waals surface area contributed by atoms with E-state index < -0.39 is 0 Å². The van der Waals surface area contributed by atoms with Gasteiger partial charge in [-0.1, -0.05) is 0 Å². The van der Waals surface area contributed by atoms with Gasteiger partial charge in [-0.3, -0.25) is 0 Å². The van der Waals surface area contributed by atoms with Crippen LogP contribution in [0.2, 0.25) is 0 Å². The Morgan fingerprint density at radius 2 is 2.19 bits per heavy atom. The Kier molecular flexibility index (Phi) is 3.96. The van der Waals surface area contributed by atoms with Gasteiger partial charge in [0.05, 0.1) is 19.1 Å². The lowest BCUT2D eigenvalue weighted by atomic mass is 10.3. The Bertz CT molecular complexity index is 351. The molecule has 1 aromatic rings. The fraction of sp³-hybridized carbons (Fsp3) is 0.500. The van der Waals surface area contributed by atoms with Gasteiger partial charge < -0.3 is 14.8 Å². The summed E-state index contributed by atoms with van der Waals surface area (Å²) in [6.07, 6.45) is 1.21. The van der Waals surface area contributed by atoms with Crippen molar-refractivity contribution in [3.8, 4) is 11.5 Å². The summed E-state index contributed by atoms with van der Waals surface area (Å²) in [6.45, 7) is 2.19. The number of hydrogen-bond donors (Lipinski definition) is 1. The highest BCUT2D eigenvalue weighted by Gasteiger charge is 2.18.